The van der Waals surface area contributed by atoms with Gasteiger partial charge in [-0.2, -0.15) is 0 Å². The van der Waals surface area contributed by atoms with Crippen molar-refractivity contribution >= 4 is 29.9 Å². The molecule has 0 aromatic carbocycles. The van der Waals surface area contributed by atoms with Gasteiger partial charge in [-0.25, -0.2) is 0 Å². The predicted octanol–water partition coefficient (Wildman–Crippen LogP) is 3.01. The third kappa shape index (κ3) is 7.15. The van der Waals surface area contributed by atoms with Crippen LogP contribution in [0, 0.1) is 0 Å². The van der Waals surface area contributed by atoms with Crippen LogP contribution in [-0.2, 0) is 4.74 Å². The number of furan rings is 1. The summed E-state index contributed by atoms with van der Waals surface area (Å²) in [5.74, 6) is 1.80. The SMILES string of the molecule is CN=C(NCC(c1ccco1)N1CCCCC1)NCC(C)(C)OC.I. The highest BCUT2D eigenvalue weighted by molar-refractivity contribution is 14.0. The largest absolute Gasteiger partial charge is 0.468 e. The Kier molecular flexibility index (Phi) is 9.81. The van der Waals surface area contributed by atoms with E-state index in [1.54, 1.807) is 20.4 Å². The van der Waals surface area contributed by atoms with Crippen molar-refractivity contribution < 1.29 is 9.15 Å². The smallest absolute Gasteiger partial charge is 0.191 e. The van der Waals surface area contributed by atoms with Crippen LogP contribution in [0.5, 0.6) is 0 Å². The molecule has 0 amide bonds. The van der Waals surface area contributed by atoms with Crippen LogP contribution in [0.3, 0.4) is 0 Å². The van der Waals surface area contributed by atoms with Gasteiger partial charge in [0, 0.05) is 27.2 Å². The predicted molar refractivity (Wildman–Crippen MR) is 113 cm³/mol. The lowest BCUT2D eigenvalue weighted by Crippen LogP contribution is -2.48. The van der Waals surface area contributed by atoms with Gasteiger partial charge in [-0.1, -0.05) is 6.42 Å². The molecule has 6 nitrogen and oxygen atoms in total. The highest BCUT2D eigenvalue weighted by Crippen LogP contribution is 2.24. The number of piperidine rings is 1. The second kappa shape index (κ2) is 11.0. The van der Waals surface area contributed by atoms with Crippen molar-refractivity contribution in [1.82, 2.24) is 15.5 Å². The number of aliphatic imine (C=N–C) groups is 1. The van der Waals surface area contributed by atoms with E-state index in [0.717, 1.165) is 31.4 Å². The number of halogens is 1. The molecule has 2 heterocycles. The lowest BCUT2D eigenvalue weighted by atomic mass is 10.1. The molecule has 1 atom stereocenters. The van der Waals surface area contributed by atoms with Gasteiger partial charge in [0.15, 0.2) is 5.96 Å². The maximum absolute atomic E-state index is 5.68. The van der Waals surface area contributed by atoms with Gasteiger partial charge in [0.05, 0.1) is 17.9 Å². The summed E-state index contributed by atoms with van der Waals surface area (Å²) in [5.41, 5.74) is -0.231. The quantitative estimate of drug-likeness (QED) is 0.369. The van der Waals surface area contributed by atoms with Crippen LogP contribution in [0.1, 0.15) is 44.9 Å². The number of likely N-dealkylation sites (tertiary alicyclic amines) is 1. The summed E-state index contributed by atoms with van der Waals surface area (Å²) in [5, 5.41) is 6.76. The van der Waals surface area contributed by atoms with E-state index in [4.69, 9.17) is 9.15 Å². The number of nitrogens with zero attached hydrogens (tertiary/aromatic N) is 2. The van der Waals surface area contributed by atoms with E-state index in [1.165, 1.54) is 19.3 Å². The third-order valence-corrected chi connectivity index (χ3v) is 4.62. The Balaban J connectivity index is 0.00000312. The molecule has 0 aliphatic carbocycles. The fraction of sp³-hybridized carbons (Fsp3) is 0.722. The van der Waals surface area contributed by atoms with Crippen LogP contribution in [0.25, 0.3) is 0 Å². The Hall–Kier alpha value is -0.800. The number of hydrogen-bond donors (Lipinski definition) is 2. The van der Waals surface area contributed by atoms with E-state index in [-0.39, 0.29) is 35.6 Å². The Morgan fingerprint density at radius 3 is 2.60 bits per heavy atom. The summed E-state index contributed by atoms with van der Waals surface area (Å²) >= 11 is 0. The van der Waals surface area contributed by atoms with Crippen molar-refractivity contribution in [3.8, 4) is 0 Å². The van der Waals surface area contributed by atoms with Gasteiger partial charge < -0.3 is 19.8 Å². The molecule has 1 aliphatic rings. The van der Waals surface area contributed by atoms with Gasteiger partial charge in [0.2, 0.25) is 0 Å². The number of hydrogen-bond acceptors (Lipinski definition) is 4. The van der Waals surface area contributed by atoms with Crippen LogP contribution in [0.2, 0.25) is 0 Å². The minimum absolute atomic E-state index is 0. The highest BCUT2D eigenvalue weighted by Gasteiger charge is 2.25. The molecular weight excluding hydrogens is 431 g/mol. The molecule has 144 valence electrons. The number of guanidine groups is 1. The molecule has 1 unspecified atom stereocenters. The minimum Gasteiger partial charge on any atom is -0.468 e. The lowest BCUT2D eigenvalue weighted by molar-refractivity contribution is 0.0268. The molecule has 1 saturated heterocycles. The zero-order valence-corrected chi connectivity index (χ0v) is 18.2. The Morgan fingerprint density at radius 1 is 1.32 bits per heavy atom. The summed E-state index contributed by atoms with van der Waals surface area (Å²) in [7, 11) is 3.51. The first-order valence-corrected chi connectivity index (χ1v) is 8.83. The first-order chi connectivity index (χ1) is 11.6. The maximum atomic E-state index is 5.68. The van der Waals surface area contributed by atoms with Crippen LogP contribution in [0.4, 0.5) is 0 Å². The first kappa shape index (κ1) is 22.2. The summed E-state index contributed by atoms with van der Waals surface area (Å²) in [6.45, 7) is 7.80. The Bertz CT molecular complexity index is 499. The molecule has 0 saturated carbocycles. The molecular formula is C18H33IN4O2. The molecule has 25 heavy (non-hydrogen) atoms. The van der Waals surface area contributed by atoms with Gasteiger partial charge in [-0.3, -0.25) is 9.89 Å². The average Bonchev–Trinajstić information content (AvgIpc) is 3.13. The van der Waals surface area contributed by atoms with Gasteiger partial charge in [0.25, 0.3) is 0 Å². The maximum Gasteiger partial charge on any atom is 0.191 e. The lowest BCUT2D eigenvalue weighted by Gasteiger charge is -2.34. The molecule has 1 fully saturated rings. The van der Waals surface area contributed by atoms with E-state index >= 15 is 0 Å². The molecule has 0 radical (unpaired) electrons. The molecule has 7 heteroatoms. The summed E-state index contributed by atoms with van der Waals surface area (Å²) in [6, 6.07) is 4.25. The topological polar surface area (TPSA) is 62.0 Å². The second-order valence-corrected chi connectivity index (χ2v) is 6.90. The van der Waals surface area contributed by atoms with E-state index < -0.39 is 0 Å². The molecule has 2 N–H and O–H groups in total. The van der Waals surface area contributed by atoms with E-state index in [2.05, 4.69) is 26.6 Å². The monoisotopic (exact) mass is 464 g/mol. The van der Waals surface area contributed by atoms with Crippen molar-refractivity contribution in [2.75, 3.05) is 40.3 Å². The fourth-order valence-corrected chi connectivity index (χ4v) is 2.90. The normalized spacial score (nSPS) is 17.7. The first-order valence-electron chi connectivity index (χ1n) is 8.83. The molecule has 1 aliphatic heterocycles. The summed E-state index contributed by atoms with van der Waals surface area (Å²) in [4.78, 5) is 6.82. The van der Waals surface area contributed by atoms with Gasteiger partial charge in [-0.15, -0.1) is 24.0 Å². The number of rotatable bonds is 7. The second-order valence-electron chi connectivity index (χ2n) is 6.90. The standard InChI is InChI=1S/C18H32N4O2.HI/c1-18(2,23-4)14-21-17(19-3)20-13-15(16-9-8-12-24-16)22-10-6-5-7-11-22;/h8-9,12,15H,5-7,10-11,13-14H2,1-4H3,(H2,19,20,21);1H. The number of nitrogens with one attached hydrogen (secondary N) is 2. The molecule has 1 aromatic heterocycles. The van der Waals surface area contributed by atoms with Crippen molar-refractivity contribution in [2.45, 2.75) is 44.8 Å². The molecule has 0 bridgehead atoms. The molecule has 2 rings (SSSR count). The van der Waals surface area contributed by atoms with E-state index in [0.29, 0.717) is 6.54 Å². The minimum atomic E-state index is -0.231. The Morgan fingerprint density at radius 2 is 2.04 bits per heavy atom. The highest BCUT2D eigenvalue weighted by atomic mass is 127. The fourth-order valence-electron chi connectivity index (χ4n) is 2.90. The van der Waals surface area contributed by atoms with Crippen LogP contribution in [-0.4, -0.2) is 56.8 Å². The summed E-state index contributed by atoms with van der Waals surface area (Å²) in [6.07, 6.45) is 5.59. The van der Waals surface area contributed by atoms with Gasteiger partial charge in [0.1, 0.15) is 5.76 Å². The van der Waals surface area contributed by atoms with Crippen LogP contribution >= 0.6 is 24.0 Å². The average molecular weight is 464 g/mol. The van der Waals surface area contributed by atoms with Crippen LogP contribution in [0.15, 0.2) is 27.8 Å². The molecule has 1 aromatic rings. The van der Waals surface area contributed by atoms with Crippen molar-refractivity contribution in [1.29, 1.82) is 0 Å². The van der Waals surface area contributed by atoms with Gasteiger partial charge >= 0.3 is 0 Å². The van der Waals surface area contributed by atoms with Crippen LogP contribution < -0.4 is 10.6 Å². The van der Waals surface area contributed by atoms with Crippen molar-refractivity contribution in [3.63, 3.8) is 0 Å². The van der Waals surface area contributed by atoms with Crippen molar-refractivity contribution in [3.05, 3.63) is 24.2 Å². The van der Waals surface area contributed by atoms with E-state index in [1.807, 2.05) is 19.9 Å². The summed E-state index contributed by atoms with van der Waals surface area (Å²) < 4.78 is 11.1. The van der Waals surface area contributed by atoms with Crippen molar-refractivity contribution in [2.24, 2.45) is 4.99 Å². The zero-order chi connectivity index (χ0) is 17.4. The zero-order valence-electron chi connectivity index (χ0n) is 15.9. The van der Waals surface area contributed by atoms with Gasteiger partial charge in [-0.05, 0) is 51.9 Å². The number of ether oxygens (including phenoxy) is 1. The molecule has 0 spiro atoms. The number of methoxy groups -OCH3 is 1. The van der Waals surface area contributed by atoms with E-state index in [9.17, 15) is 0 Å². The Labute approximate surface area is 168 Å². The third-order valence-electron chi connectivity index (χ3n) is 4.62.